The maximum Gasteiger partial charge on any atom is 0.244 e. The van der Waals surface area contributed by atoms with Crippen molar-refractivity contribution in [2.45, 2.75) is 0 Å². The second-order valence-electron chi connectivity index (χ2n) is 2.67. The van der Waals surface area contributed by atoms with Crippen LogP contribution in [-0.4, -0.2) is 20.1 Å². The lowest BCUT2D eigenvalue weighted by Crippen LogP contribution is -2.27. The predicted molar refractivity (Wildman–Crippen MR) is 57.5 cm³/mol. The molecule has 14 heavy (non-hydrogen) atoms. The standard InChI is InChI=1S/C8H9BrFNO2S/c1-11(14(12,13)6-9)8-4-2-3-7(10)5-8/h2-5H,6H2,1H3. The molecule has 0 atom stereocenters. The van der Waals surface area contributed by atoms with Crippen molar-refractivity contribution < 1.29 is 12.8 Å². The van der Waals surface area contributed by atoms with Crippen molar-refractivity contribution in [3.8, 4) is 0 Å². The molecule has 3 nitrogen and oxygen atoms in total. The van der Waals surface area contributed by atoms with Crippen molar-refractivity contribution in [1.29, 1.82) is 0 Å². The summed E-state index contributed by atoms with van der Waals surface area (Å²) in [6.07, 6.45) is 0. The third-order valence-corrected chi connectivity index (χ3v) is 4.78. The largest absolute Gasteiger partial charge is 0.273 e. The van der Waals surface area contributed by atoms with E-state index in [2.05, 4.69) is 15.9 Å². The fourth-order valence-electron chi connectivity index (χ4n) is 0.906. The van der Waals surface area contributed by atoms with Crippen LogP contribution in [0, 0.1) is 5.82 Å². The van der Waals surface area contributed by atoms with Crippen LogP contribution in [0.25, 0.3) is 0 Å². The van der Waals surface area contributed by atoms with Crippen LogP contribution in [0.1, 0.15) is 0 Å². The minimum absolute atomic E-state index is 0.187. The Hall–Kier alpha value is -0.620. The molecule has 1 aromatic rings. The third-order valence-electron chi connectivity index (χ3n) is 1.73. The van der Waals surface area contributed by atoms with Gasteiger partial charge in [-0.15, -0.1) is 0 Å². The molecule has 0 aromatic heterocycles. The number of hydrogen-bond acceptors (Lipinski definition) is 2. The van der Waals surface area contributed by atoms with Gasteiger partial charge >= 0.3 is 0 Å². The fourth-order valence-corrected chi connectivity index (χ4v) is 2.41. The average molecular weight is 282 g/mol. The number of alkyl halides is 1. The zero-order valence-corrected chi connectivity index (χ0v) is 9.85. The molecule has 0 heterocycles. The van der Waals surface area contributed by atoms with Crippen LogP contribution in [0.2, 0.25) is 0 Å². The molecule has 0 spiro atoms. The SMILES string of the molecule is CN(c1cccc(F)c1)S(=O)(=O)CBr. The van der Waals surface area contributed by atoms with Gasteiger partial charge in [-0.25, -0.2) is 12.8 Å². The van der Waals surface area contributed by atoms with Gasteiger partial charge in [0.2, 0.25) is 10.0 Å². The van der Waals surface area contributed by atoms with Crippen LogP contribution >= 0.6 is 15.9 Å². The Bertz CT molecular complexity index is 421. The molecule has 0 unspecified atom stereocenters. The first-order chi connectivity index (χ1) is 6.47. The highest BCUT2D eigenvalue weighted by Crippen LogP contribution is 2.17. The highest BCUT2D eigenvalue weighted by atomic mass is 79.9. The van der Waals surface area contributed by atoms with Crippen LogP contribution in [0.5, 0.6) is 0 Å². The molecular weight excluding hydrogens is 273 g/mol. The quantitative estimate of drug-likeness (QED) is 0.795. The van der Waals surface area contributed by atoms with Crippen molar-refractivity contribution in [3.05, 3.63) is 30.1 Å². The molecule has 0 radical (unpaired) electrons. The Morgan fingerprint density at radius 2 is 2.14 bits per heavy atom. The summed E-state index contributed by atoms with van der Waals surface area (Å²) in [4.78, 5) is 0. The lowest BCUT2D eigenvalue weighted by Gasteiger charge is -2.17. The molecule has 0 N–H and O–H groups in total. The summed E-state index contributed by atoms with van der Waals surface area (Å²) in [5.41, 5.74) is 0.310. The van der Waals surface area contributed by atoms with Gasteiger partial charge in [0.1, 0.15) is 10.5 Å². The Labute approximate surface area is 90.7 Å². The van der Waals surface area contributed by atoms with E-state index in [0.717, 1.165) is 4.31 Å². The molecule has 0 amide bonds. The topological polar surface area (TPSA) is 37.4 Å². The van der Waals surface area contributed by atoms with Gasteiger partial charge in [-0.2, -0.15) is 0 Å². The number of nitrogens with zero attached hydrogens (tertiary/aromatic N) is 1. The highest BCUT2D eigenvalue weighted by molar-refractivity contribution is 9.10. The lowest BCUT2D eigenvalue weighted by atomic mass is 10.3. The molecular formula is C8H9BrFNO2S. The fraction of sp³-hybridized carbons (Fsp3) is 0.250. The second-order valence-corrected chi connectivity index (χ2v) is 5.97. The Balaban J connectivity index is 3.07. The molecule has 78 valence electrons. The highest BCUT2D eigenvalue weighted by Gasteiger charge is 2.16. The van der Waals surface area contributed by atoms with Crippen molar-refractivity contribution in [3.63, 3.8) is 0 Å². The number of benzene rings is 1. The molecule has 0 fully saturated rings. The molecule has 0 saturated heterocycles. The summed E-state index contributed by atoms with van der Waals surface area (Å²) < 4.78 is 36.4. The summed E-state index contributed by atoms with van der Waals surface area (Å²) in [6, 6.07) is 5.42. The van der Waals surface area contributed by atoms with E-state index in [0.29, 0.717) is 5.69 Å². The van der Waals surface area contributed by atoms with Gasteiger partial charge in [0.25, 0.3) is 0 Å². The first-order valence-corrected chi connectivity index (χ1v) is 6.48. The molecule has 0 bridgehead atoms. The van der Waals surface area contributed by atoms with E-state index in [1.807, 2.05) is 0 Å². The average Bonchev–Trinajstić information content (AvgIpc) is 2.16. The Morgan fingerprint density at radius 1 is 1.50 bits per heavy atom. The van der Waals surface area contributed by atoms with Gasteiger partial charge < -0.3 is 0 Å². The van der Waals surface area contributed by atoms with Gasteiger partial charge in [-0.05, 0) is 18.2 Å². The maximum absolute atomic E-state index is 12.8. The van der Waals surface area contributed by atoms with E-state index >= 15 is 0 Å². The van der Waals surface area contributed by atoms with E-state index in [1.165, 1.54) is 31.3 Å². The van der Waals surface area contributed by atoms with E-state index in [-0.39, 0.29) is 4.66 Å². The van der Waals surface area contributed by atoms with Gasteiger partial charge in [-0.3, -0.25) is 4.31 Å². The zero-order chi connectivity index (χ0) is 10.8. The molecule has 1 rings (SSSR count). The maximum atomic E-state index is 12.8. The van der Waals surface area contributed by atoms with Crippen LogP contribution in [0.4, 0.5) is 10.1 Å². The lowest BCUT2D eigenvalue weighted by molar-refractivity contribution is 0.599. The van der Waals surface area contributed by atoms with Gasteiger partial charge in [-0.1, -0.05) is 22.0 Å². The second kappa shape index (κ2) is 4.27. The van der Waals surface area contributed by atoms with Crippen molar-refractivity contribution in [1.82, 2.24) is 0 Å². The van der Waals surface area contributed by atoms with Crippen molar-refractivity contribution in [2.75, 3.05) is 16.0 Å². The van der Waals surface area contributed by atoms with Crippen LogP contribution in [0.15, 0.2) is 24.3 Å². The molecule has 0 saturated carbocycles. The predicted octanol–water partition coefficient (Wildman–Crippen LogP) is 1.94. The van der Waals surface area contributed by atoms with Crippen LogP contribution in [0.3, 0.4) is 0 Å². The summed E-state index contributed by atoms with van der Waals surface area (Å²) in [7, 11) is -2.00. The number of anilines is 1. The monoisotopic (exact) mass is 281 g/mol. The molecule has 1 aromatic carbocycles. The molecule has 0 aliphatic rings. The molecule has 0 aliphatic carbocycles. The third kappa shape index (κ3) is 2.45. The number of sulfonamides is 1. The number of hydrogen-bond donors (Lipinski definition) is 0. The molecule has 6 heteroatoms. The number of rotatable bonds is 3. The van der Waals surface area contributed by atoms with E-state index in [9.17, 15) is 12.8 Å². The summed E-state index contributed by atoms with van der Waals surface area (Å²) in [5, 5.41) is 0. The van der Waals surface area contributed by atoms with Gasteiger partial charge in [0.15, 0.2) is 0 Å². The minimum Gasteiger partial charge on any atom is -0.273 e. The first-order valence-electron chi connectivity index (χ1n) is 3.75. The minimum atomic E-state index is -3.38. The van der Waals surface area contributed by atoms with E-state index in [4.69, 9.17) is 0 Å². The van der Waals surface area contributed by atoms with Gasteiger partial charge in [0, 0.05) is 7.05 Å². The Morgan fingerprint density at radius 3 is 2.64 bits per heavy atom. The number of halogens is 2. The van der Waals surface area contributed by atoms with E-state index < -0.39 is 15.8 Å². The van der Waals surface area contributed by atoms with Crippen molar-refractivity contribution >= 4 is 31.6 Å². The summed E-state index contributed by atoms with van der Waals surface area (Å²) in [6.45, 7) is 0. The Kier molecular flexibility index (Phi) is 3.49. The first kappa shape index (κ1) is 11.5. The molecule has 0 aliphatic heterocycles. The van der Waals surface area contributed by atoms with Gasteiger partial charge in [0.05, 0.1) is 5.69 Å². The van der Waals surface area contributed by atoms with Crippen LogP contribution < -0.4 is 4.31 Å². The normalized spacial score (nSPS) is 11.4. The van der Waals surface area contributed by atoms with Crippen LogP contribution in [-0.2, 0) is 10.0 Å². The summed E-state index contributed by atoms with van der Waals surface area (Å²) in [5.74, 6) is -0.459. The van der Waals surface area contributed by atoms with E-state index in [1.54, 1.807) is 0 Å². The zero-order valence-electron chi connectivity index (χ0n) is 7.44. The smallest absolute Gasteiger partial charge is 0.244 e. The summed E-state index contributed by atoms with van der Waals surface area (Å²) >= 11 is 2.86. The van der Waals surface area contributed by atoms with Crippen molar-refractivity contribution in [2.24, 2.45) is 0 Å².